The fraction of sp³-hybridized carbons (Fsp3) is 0.500. The minimum absolute atomic E-state index is 0.00579. The number of aryl methyl sites for hydroxylation is 2. The van der Waals surface area contributed by atoms with Gasteiger partial charge in [0.2, 0.25) is 0 Å². The number of nitrogens with zero attached hydrogens (tertiary/aromatic N) is 3. The molecular weight excluding hydrogens is 280 g/mol. The lowest BCUT2D eigenvalue weighted by Crippen LogP contribution is -2.38. The summed E-state index contributed by atoms with van der Waals surface area (Å²) in [6, 6.07) is 6.07. The molecule has 1 aliphatic rings. The van der Waals surface area contributed by atoms with E-state index in [1.807, 2.05) is 33.0 Å². The van der Waals surface area contributed by atoms with Crippen LogP contribution in [-0.4, -0.2) is 41.8 Å². The van der Waals surface area contributed by atoms with Gasteiger partial charge in [0.1, 0.15) is 11.9 Å². The second-order valence-corrected chi connectivity index (χ2v) is 5.70. The summed E-state index contributed by atoms with van der Waals surface area (Å²) in [6.45, 7) is 7.10. The number of morpholine rings is 1. The number of hydrogen-bond acceptors (Lipinski definition) is 6. The molecule has 0 aromatic carbocycles. The normalized spacial score (nSPS) is 19.3. The van der Waals surface area contributed by atoms with E-state index < -0.39 is 0 Å². The van der Waals surface area contributed by atoms with Crippen molar-refractivity contribution in [3.63, 3.8) is 0 Å². The van der Waals surface area contributed by atoms with Crippen LogP contribution in [0.25, 0.3) is 0 Å². The molecule has 0 saturated carbocycles. The van der Waals surface area contributed by atoms with Gasteiger partial charge < -0.3 is 14.6 Å². The first-order chi connectivity index (χ1) is 10.6. The van der Waals surface area contributed by atoms with Gasteiger partial charge in [-0.25, -0.2) is 0 Å². The smallest absolute Gasteiger partial charge is 0.133 e. The van der Waals surface area contributed by atoms with Gasteiger partial charge in [-0.1, -0.05) is 5.16 Å². The Kier molecular flexibility index (Phi) is 4.40. The van der Waals surface area contributed by atoms with Gasteiger partial charge in [-0.3, -0.25) is 9.88 Å². The SMILES string of the molecule is CNc1cc(C)nc([C@@H]2CN(Cc3cc(C)on3)CCO2)c1. The van der Waals surface area contributed by atoms with Crippen molar-refractivity contribution in [2.24, 2.45) is 0 Å². The summed E-state index contributed by atoms with van der Waals surface area (Å²) in [5.74, 6) is 0.846. The molecular formula is C16H22N4O2. The van der Waals surface area contributed by atoms with E-state index >= 15 is 0 Å². The molecule has 0 radical (unpaired) electrons. The first kappa shape index (κ1) is 15.0. The molecule has 6 heteroatoms. The average Bonchev–Trinajstić information content (AvgIpc) is 2.92. The largest absolute Gasteiger partial charge is 0.388 e. The summed E-state index contributed by atoms with van der Waals surface area (Å²) < 4.78 is 11.1. The molecule has 3 rings (SSSR count). The molecule has 22 heavy (non-hydrogen) atoms. The summed E-state index contributed by atoms with van der Waals surface area (Å²) in [6.07, 6.45) is -0.00579. The third-order valence-electron chi connectivity index (χ3n) is 3.80. The molecule has 1 N–H and O–H groups in total. The molecule has 3 heterocycles. The molecule has 0 spiro atoms. The molecule has 1 fully saturated rings. The zero-order valence-electron chi connectivity index (χ0n) is 13.3. The Balaban J connectivity index is 1.71. The maximum absolute atomic E-state index is 5.92. The average molecular weight is 302 g/mol. The Bertz CT molecular complexity index is 641. The van der Waals surface area contributed by atoms with Gasteiger partial charge in [0.15, 0.2) is 0 Å². The van der Waals surface area contributed by atoms with E-state index in [1.165, 1.54) is 0 Å². The Hall–Kier alpha value is -1.92. The van der Waals surface area contributed by atoms with Crippen LogP contribution in [0.3, 0.4) is 0 Å². The summed E-state index contributed by atoms with van der Waals surface area (Å²) in [5, 5.41) is 7.24. The molecule has 1 saturated heterocycles. The fourth-order valence-corrected chi connectivity index (χ4v) is 2.75. The van der Waals surface area contributed by atoms with Gasteiger partial charge in [0.25, 0.3) is 0 Å². The molecule has 118 valence electrons. The first-order valence-corrected chi connectivity index (χ1v) is 7.56. The lowest BCUT2D eigenvalue weighted by atomic mass is 10.1. The van der Waals surface area contributed by atoms with Crippen LogP contribution < -0.4 is 5.32 Å². The standard InChI is InChI=1S/C16H22N4O2/c1-11-6-13(17-3)8-15(18-11)16-10-20(4-5-21-16)9-14-7-12(2)22-19-14/h6-8,16H,4-5,9-10H2,1-3H3,(H,17,18)/t16-/m0/s1. The van der Waals surface area contributed by atoms with Gasteiger partial charge in [0.05, 0.1) is 18.0 Å². The number of hydrogen-bond donors (Lipinski definition) is 1. The second kappa shape index (κ2) is 6.46. The van der Waals surface area contributed by atoms with Gasteiger partial charge >= 0.3 is 0 Å². The lowest BCUT2D eigenvalue weighted by molar-refractivity contribution is -0.0355. The van der Waals surface area contributed by atoms with Gasteiger partial charge in [-0.15, -0.1) is 0 Å². The van der Waals surface area contributed by atoms with Crippen molar-refractivity contribution in [2.75, 3.05) is 32.1 Å². The quantitative estimate of drug-likeness (QED) is 0.935. The predicted molar refractivity (Wildman–Crippen MR) is 83.7 cm³/mol. The minimum Gasteiger partial charge on any atom is -0.388 e. The number of aromatic nitrogens is 2. The molecule has 1 aliphatic heterocycles. The molecule has 0 aliphatic carbocycles. The van der Waals surface area contributed by atoms with E-state index in [4.69, 9.17) is 9.26 Å². The van der Waals surface area contributed by atoms with E-state index in [0.29, 0.717) is 6.61 Å². The number of rotatable bonds is 4. The highest BCUT2D eigenvalue weighted by Gasteiger charge is 2.24. The number of nitrogens with one attached hydrogen (secondary N) is 1. The minimum atomic E-state index is -0.00579. The van der Waals surface area contributed by atoms with Crippen LogP contribution in [0.1, 0.15) is 28.9 Å². The van der Waals surface area contributed by atoms with E-state index in [0.717, 1.165) is 48.2 Å². The van der Waals surface area contributed by atoms with E-state index in [-0.39, 0.29) is 6.10 Å². The highest BCUT2D eigenvalue weighted by molar-refractivity contribution is 5.45. The van der Waals surface area contributed by atoms with Crippen molar-refractivity contribution in [2.45, 2.75) is 26.5 Å². The van der Waals surface area contributed by atoms with Crippen LogP contribution >= 0.6 is 0 Å². The third-order valence-corrected chi connectivity index (χ3v) is 3.80. The first-order valence-electron chi connectivity index (χ1n) is 7.56. The molecule has 1 atom stereocenters. The lowest BCUT2D eigenvalue weighted by Gasteiger charge is -2.32. The van der Waals surface area contributed by atoms with Crippen LogP contribution in [0.15, 0.2) is 22.7 Å². The van der Waals surface area contributed by atoms with Gasteiger partial charge in [-0.05, 0) is 26.0 Å². The third kappa shape index (κ3) is 3.45. The monoisotopic (exact) mass is 302 g/mol. The van der Waals surface area contributed by atoms with E-state index in [1.54, 1.807) is 0 Å². The van der Waals surface area contributed by atoms with Crippen molar-refractivity contribution in [1.82, 2.24) is 15.0 Å². The van der Waals surface area contributed by atoms with E-state index in [9.17, 15) is 0 Å². The molecule has 0 amide bonds. The zero-order valence-corrected chi connectivity index (χ0v) is 13.3. The van der Waals surface area contributed by atoms with E-state index in [2.05, 4.69) is 26.4 Å². The van der Waals surface area contributed by atoms with Crippen molar-refractivity contribution in [3.05, 3.63) is 41.0 Å². The van der Waals surface area contributed by atoms with Crippen molar-refractivity contribution < 1.29 is 9.26 Å². The Morgan fingerprint density at radius 2 is 2.18 bits per heavy atom. The van der Waals surface area contributed by atoms with Crippen LogP contribution in [0.5, 0.6) is 0 Å². The number of anilines is 1. The van der Waals surface area contributed by atoms with Gasteiger partial charge in [-0.2, -0.15) is 0 Å². The molecule has 6 nitrogen and oxygen atoms in total. The van der Waals surface area contributed by atoms with Crippen LogP contribution in [0.2, 0.25) is 0 Å². The van der Waals surface area contributed by atoms with Gasteiger partial charge in [0, 0.05) is 44.1 Å². The Labute approximate surface area is 130 Å². The van der Waals surface area contributed by atoms with Crippen molar-refractivity contribution in [1.29, 1.82) is 0 Å². The Morgan fingerprint density at radius 1 is 1.32 bits per heavy atom. The Morgan fingerprint density at radius 3 is 2.91 bits per heavy atom. The highest BCUT2D eigenvalue weighted by atomic mass is 16.5. The van der Waals surface area contributed by atoms with Crippen molar-refractivity contribution >= 4 is 5.69 Å². The molecule has 2 aromatic heterocycles. The summed E-state index contributed by atoms with van der Waals surface area (Å²) in [7, 11) is 1.92. The molecule has 0 unspecified atom stereocenters. The summed E-state index contributed by atoms with van der Waals surface area (Å²) >= 11 is 0. The summed E-state index contributed by atoms with van der Waals surface area (Å²) in [5.41, 5.74) is 4.00. The topological polar surface area (TPSA) is 63.4 Å². The molecule has 2 aromatic rings. The predicted octanol–water partition coefficient (Wildman–Crippen LogP) is 2.30. The maximum Gasteiger partial charge on any atom is 0.133 e. The van der Waals surface area contributed by atoms with Crippen LogP contribution in [-0.2, 0) is 11.3 Å². The number of pyridine rings is 1. The zero-order chi connectivity index (χ0) is 15.5. The highest BCUT2D eigenvalue weighted by Crippen LogP contribution is 2.24. The fourth-order valence-electron chi connectivity index (χ4n) is 2.75. The second-order valence-electron chi connectivity index (χ2n) is 5.70. The maximum atomic E-state index is 5.92. The number of ether oxygens (including phenoxy) is 1. The van der Waals surface area contributed by atoms with Crippen molar-refractivity contribution in [3.8, 4) is 0 Å². The summed E-state index contributed by atoms with van der Waals surface area (Å²) in [4.78, 5) is 6.95. The van der Waals surface area contributed by atoms with Crippen LogP contribution in [0, 0.1) is 13.8 Å². The molecule has 0 bridgehead atoms. The van der Waals surface area contributed by atoms with Crippen LogP contribution in [0.4, 0.5) is 5.69 Å².